The van der Waals surface area contributed by atoms with Gasteiger partial charge in [-0.15, -0.1) is 0 Å². The van der Waals surface area contributed by atoms with E-state index in [-0.39, 0.29) is 11.7 Å². The first kappa shape index (κ1) is 21.7. The van der Waals surface area contributed by atoms with Gasteiger partial charge in [0.05, 0.1) is 5.69 Å². The zero-order valence-electron chi connectivity index (χ0n) is 19.0. The average Bonchev–Trinajstić information content (AvgIpc) is 3.28. The second kappa shape index (κ2) is 8.75. The zero-order chi connectivity index (χ0) is 23.9. The molecule has 5 aromatic rings. The number of nitrogens with one attached hydrogen (secondary N) is 1. The minimum atomic E-state index is -0.267. The Kier molecular flexibility index (Phi) is 5.42. The molecule has 1 aliphatic heterocycles. The van der Waals surface area contributed by atoms with Crippen LogP contribution in [0.5, 0.6) is 0 Å². The summed E-state index contributed by atoms with van der Waals surface area (Å²) in [6, 6.07) is 23.7. The van der Waals surface area contributed by atoms with Crippen molar-refractivity contribution in [1.82, 2.24) is 8.97 Å². The van der Waals surface area contributed by atoms with Crippen molar-refractivity contribution in [3.8, 4) is 22.4 Å². The lowest BCUT2D eigenvalue weighted by Crippen LogP contribution is -2.15. The molecule has 6 rings (SSSR count). The van der Waals surface area contributed by atoms with E-state index in [9.17, 15) is 9.18 Å². The fourth-order valence-corrected chi connectivity index (χ4v) is 5.23. The van der Waals surface area contributed by atoms with E-state index in [2.05, 4.69) is 9.88 Å². The lowest BCUT2D eigenvalue weighted by atomic mass is 9.97. The van der Waals surface area contributed by atoms with Gasteiger partial charge in [-0.05, 0) is 78.9 Å². The summed E-state index contributed by atoms with van der Waals surface area (Å²) >= 11 is 6.19. The Morgan fingerprint density at radius 3 is 2.34 bits per heavy atom. The number of imidazole rings is 1. The van der Waals surface area contributed by atoms with Crippen molar-refractivity contribution in [2.24, 2.45) is 0 Å². The number of halogens is 2. The second-order valence-electron chi connectivity index (χ2n) is 8.85. The molecule has 0 atom stereocenters. The van der Waals surface area contributed by atoms with Crippen LogP contribution in [0.15, 0.2) is 85.1 Å². The quantitative estimate of drug-likeness (QED) is 0.283. The number of anilines is 1. The third-order valence-electron chi connectivity index (χ3n) is 6.65. The molecule has 1 aliphatic rings. The van der Waals surface area contributed by atoms with E-state index in [0.29, 0.717) is 10.7 Å². The van der Waals surface area contributed by atoms with Crippen molar-refractivity contribution in [3.05, 3.63) is 107 Å². The van der Waals surface area contributed by atoms with Gasteiger partial charge in [0, 0.05) is 34.6 Å². The molecular formula is C29H23ClFN3O. The van der Waals surface area contributed by atoms with Gasteiger partial charge in [0.25, 0.3) is 5.91 Å². The van der Waals surface area contributed by atoms with Gasteiger partial charge >= 0.3 is 0 Å². The highest BCUT2D eigenvalue weighted by Gasteiger charge is 2.29. The van der Waals surface area contributed by atoms with E-state index < -0.39 is 0 Å². The van der Waals surface area contributed by atoms with Gasteiger partial charge in [-0.2, -0.15) is 0 Å². The van der Waals surface area contributed by atoms with E-state index in [4.69, 9.17) is 11.6 Å². The van der Waals surface area contributed by atoms with Gasteiger partial charge in [0.1, 0.15) is 17.2 Å². The number of hydrogen-bond acceptors (Lipinski definition) is 1. The first-order chi connectivity index (χ1) is 17.1. The Labute approximate surface area is 207 Å². The summed E-state index contributed by atoms with van der Waals surface area (Å²) in [5.74, 6) is -0.442. The maximum Gasteiger partial charge on any atom is 0.273 e. The first-order valence-electron chi connectivity index (χ1n) is 11.7. The SMILES string of the molecule is O=C(Nc1ccccc1)c1c(-c2ccc(Cl)cc2)c2c3n(c(-c4ccc(F)cc4)cn13)CCCC2. The molecule has 0 radical (unpaired) electrons. The highest BCUT2D eigenvalue weighted by atomic mass is 35.5. The van der Waals surface area contributed by atoms with Crippen LogP contribution in [-0.2, 0) is 13.0 Å². The lowest BCUT2D eigenvalue weighted by molar-refractivity contribution is 0.102. The van der Waals surface area contributed by atoms with Crippen molar-refractivity contribution in [3.63, 3.8) is 0 Å². The van der Waals surface area contributed by atoms with E-state index in [1.807, 2.05) is 65.2 Å². The number of nitrogens with zero attached hydrogens (tertiary/aromatic N) is 2. The monoisotopic (exact) mass is 483 g/mol. The predicted octanol–water partition coefficient (Wildman–Crippen LogP) is 7.46. The van der Waals surface area contributed by atoms with Gasteiger partial charge in [0.15, 0.2) is 0 Å². The fraction of sp³-hybridized carbons (Fsp3) is 0.138. The topological polar surface area (TPSA) is 38.4 Å². The van der Waals surface area contributed by atoms with Crippen LogP contribution in [0.25, 0.3) is 28.0 Å². The minimum absolute atomic E-state index is 0.175. The number of carbonyl (C=O) groups excluding carboxylic acids is 1. The molecular weight excluding hydrogens is 461 g/mol. The van der Waals surface area contributed by atoms with E-state index in [1.54, 1.807) is 12.1 Å². The third kappa shape index (κ3) is 3.82. The summed E-state index contributed by atoms with van der Waals surface area (Å²) in [4.78, 5) is 13.8. The summed E-state index contributed by atoms with van der Waals surface area (Å²) in [5.41, 5.74) is 7.28. The number of hydrogen-bond donors (Lipinski definition) is 1. The minimum Gasteiger partial charge on any atom is -0.325 e. The molecule has 0 aliphatic carbocycles. The smallest absolute Gasteiger partial charge is 0.273 e. The van der Waals surface area contributed by atoms with Crippen LogP contribution in [0.2, 0.25) is 5.02 Å². The number of carbonyl (C=O) groups is 1. The maximum absolute atomic E-state index is 13.8. The van der Waals surface area contributed by atoms with E-state index in [1.165, 1.54) is 12.1 Å². The lowest BCUT2D eigenvalue weighted by Gasteiger charge is -2.10. The van der Waals surface area contributed by atoms with Crippen LogP contribution in [0, 0.1) is 5.82 Å². The molecule has 1 amide bonds. The summed E-state index contributed by atoms with van der Waals surface area (Å²) in [5, 5.41) is 3.73. The van der Waals surface area contributed by atoms with Crippen LogP contribution in [0.4, 0.5) is 10.1 Å². The number of rotatable bonds is 4. The van der Waals surface area contributed by atoms with Crippen molar-refractivity contribution in [2.45, 2.75) is 25.8 Å². The normalized spacial score (nSPS) is 13.1. The first-order valence-corrected chi connectivity index (χ1v) is 12.1. The maximum atomic E-state index is 13.8. The van der Waals surface area contributed by atoms with E-state index >= 15 is 0 Å². The Hall–Kier alpha value is -3.83. The Morgan fingerprint density at radius 2 is 1.60 bits per heavy atom. The highest BCUT2D eigenvalue weighted by molar-refractivity contribution is 6.30. The molecule has 3 heterocycles. The van der Waals surface area contributed by atoms with Gasteiger partial charge in [-0.25, -0.2) is 4.39 Å². The summed E-state index contributed by atoms with van der Waals surface area (Å²) in [7, 11) is 0. The van der Waals surface area contributed by atoms with Crippen molar-refractivity contribution in [1.29, 1.82) is 0 Å². The Morgan fingerprint density at radius 1 is 0.886 bits per heavy atom. The molecule has 0 saturated carbocycles. The highest BCUT2D eigenvalue weighted by Crippen LogP contribution is 2.40. The van der Waals surface area contributed by atoms with Gasteiger partial charge in [-0.1, -0.05) is 41.9 Å². The fourth-order valence-electron chi connectivity index (χ4n) is 5.10. The predicted molar refractivity (Wildman–Crippen MR) is 139 cm³/mol. The van der Waals surface area contributed by atoms with Crippen molar-refractivity contribution < 1.29 is 9.18 Å². The number of para-hydroxylation sites is 1. The molecule has 0 unspecified atom stereocenters. The van der Waals surface area contributed by atoms with E-state index in [0.717, 1.165) is 65.1 Å². The Bertz CT molecular complexity index is 1530. The van der Waals surface area contributed by atoms with Gasteiger partial charge < -0.3 is 9.88 Å². The van der Waals surface area contributed by atoms with Crippen LogP contribution >= 0.6 is 11.6 Å². The van der Waals surface area contributed by atoms with Crippen LogP contribution < -0.4 is 5.32 Å². The second-order valence-corrected chi connectivity index (χ2v) is 9.29. The average molecular weight is 484 g/mol. The standard InChI is InChI=1S/C29H23ClFN3O/c30-21-13-9-20(10-14-21)26-24-8-4-5-17-33-25(19-11-15-22(31)16-12-19)18-34(29(24)33)27(26)28(35)32-23-6-2-1-3-7-23/h1-3,6-7,9-16,18H,4-5,8,17H2,(H,32,35). The summed E-state index contributed by atoms with van der Waals surface area (Å²) in [6.07, 6.45) is 4.92. The molecule has 0 spiro atoms. The number of amides is 1. The number of benzene rings is 3. The molecule has 174 valence electrons. The number of aromatic nitrogens is 2. The van der Waals surface area contributed by atoms with Crippen molar-refractivity contribution in [2.75, 3.05) is 5.32 Å². The zero-order valence-corrected chi connectivity index (χ0v) is 19.7. The molecule has 0 bridgehead atoms. The molecule has 1 N–H and O–H groups in total. The van der Waals surface area contributed by atoms with Crippen LogP contribution in [-0.4, -0.2) is 14.9 Å². The van der Waals surface area contributed by atoms with Crippen LogP contribution in [0.3, 0.4) is 0 Å². The third-order valence-corrected chi connectivity index (χ3v) is 6.91. The summed E-state index contributed by atoms with van der Waals surface area (Å²) in [6.45, 7) is 0.833. The van der Waals surface area contributed by atoms with Crippen LogP contribution in [0.1, 0.15) is 28.9 Å². The largest absolute Gasteiger partial charge is 0.325 e. The molecule has 0 fully saturated rings. The molecule has 35 heavy (non-hydrogen) atoms. The summed E-state index contributed by atoms with van der Waals surface area (Å²) < 4.78 is 17.9. The number of aryl methyl sites for hydroxylation is 2. The van der Waals surface area contributed by atoms with Crippen molar-refractivity contribution >= 4 is 28.8 Å². The van der Waals surface area contributed by atoms with Gasteiger partial charge in [0.2, 0.25) is 0 Å². The molecule has 2 aromatic heterocycles. The molecule has 4 nitrogen and oxygen atoms in total. The van der Waals surface area contributed by atoms with Gasteiger partial charge in [-0.3, -0.25) is 9.20 Å². The molecule has 0 saturated heterocycles. The Balaban J connectivity index is 1.62. The molecule has 3 aromatic carbocycles. The molecule has 6 heteroatoms.